The molecule has 3 heterocycles. The maximum atomic E-state index is 5.87. The number of pyridine rings is 1. The molecule has 0 bridgehead atoms. The van der Waals surface area contributed by atoms with Crippen molar-refractivity contribution in [3.05, 3.63) is 41.5 Å². The van der Waals surface area contributed by atoms with Gasteiger partial charge >= 0.3 is 0 Å². The first-order valence-corrected chi connectivity index (χ1v) is 7.00. The summed E-state index contributed by atoms with van der Waals surface area (Å²) in [5, 5.41) is 0. The molecule has 3 aromatic rings. The number of aryl methyl sites for hydroxylation is 3. The van der Waals surface area contributed by atoms with Gasteiger partial charge in [-0.2, -0.15) is 0 Å². The Morgan fingerprint density at radius 3 is 2.85 bits per heavy atom. The molecule has 6 heteroatoms. The van der Waals surface area contributed by atoms with Gasteiger partial charge in [-0.3, -0.25) is 0 Å². The molecule has 5 nitrogen and oxygen atoms in total. The third kappa shape index (κ3) is 2.29. The summed E-state index contributed by atoms with van der Waals surface area (Å²) in [5.74, 6) is 2.88. The van der Waals surface area contributed by atoms with Crippen LogP contribution < -0.4 is 0 Å². The summed E-state index contributed by atoms with van der Waals surface area (Å²) in [5.41, 5.74) is 2.87. The van der Waals surface area contributed by atoms with Gasteiger partial charge in [-0.25, -0.2) is 15.0 Å². The molecule has 3 rings (SSSR count). The largest absolute Gasteiger partial charge is 0.444 e. The van der Waals surface area contributed by atoms with Crippen LogP contribution >= 0.6 is 11.6 Å². The van der Waals surface area contributed by atoms with E-state index >= 15 is 0 Å². The van der Waals surface area contributed by atoms with Crippen molar-refractivity contribution in [1.82, 2.24) is 19.5 Å². The fourth-order valence-electron chi connectivity index (χ4n) is 2.23. The first-order chi connectivity index (χ1) is 9.69. The Balaban J connectivity index is 2.11. The van der Waals surface area contributed by atoms with E-state index in [9.17, 15) is 0 Å². The lowest BCUT2D eigenvalue weighted by molar-refractivity contribution is 0.456. The lowest BCUT2D eigenvalue weighted by Gasteiger charge is -2.05. The van der Waals surface area contributed by atoms with Crippen LogP contribution in [0.4, 0.5) is 0 Å². The number of fused-ring (bicyclic) bond motifs is 1. The number of rotatable bonds is 4. The Hall–Kier alpha value is -1.88. The van der Waals surface area contributed by atoms with Crippen LogP contribution in [0.5, 0.6) is 0 Å². The highest BCUT2D eigenvalue weighted by Gasteiger charge is 2.15. The smallest absolute Gasteiger partial charge is 0.214 e. The normalized spacial score (nSPS) is 11.3. The maximum Gasteiger partial charge on any atom is 0.214 e. The zero-order valence-corrected chi connectivity index (χ0v) is 12.2. The third-order valence-corrected chi connectivity index (χ3v) is 3.38. The molecule has 0 aromatic carbocycles. The SMILES string of the molecule is Cc1cnc(Cn2c(CCCl)nc3c(C)ccnc32)o1. The van der Waals surface area contributed by atoms with E-state index in [1.54, 1.807) is 12.4 Å². The standard InChI is InChI=1S/C14H15ClN4O/c1-9-4-6-16-14-13(9)18-11(3-5-15)19(14)8-12-17-7-10(2)20-12/h4,6-7H,3,5,8H2,1-2H3. The first kappa shape index (κ1) is 13.1. The van der Waals surface area contributed by atoms with E-state index in [2.05, 4.69) is 15.0 Å². The van der Waals surface area contributed by atoms with Crippen LogP contribution in [0.15, 0.2) is 22.9 Å². The molecule has 0 aliphatic rings. The summed E-state index contributed by atoms with van der Waals surface area (Å²) in [6.45, 7) is 4.43. The van der Waals surface area contributed by atoms with E-state index in [0.29, 0.717) is 24.7 Å². The molecule has 0 aliphatic heterocycles. The number of aromatic nitrogens is 4. The summed E-state index contributed by atoms with van der Waals surface area (Å²) in [4.78, 5) is 13.3. The zero-order valence-electron chi connectivity index (χ0n) is 11.4. The van der Waals surface area contributed by atoms with Gasteiger partial charge in [-0.15, -0.1) is 11.6 Å². The molecular formula is C14H15ClN4O. The van der Waals surface area contributed by atoms with Gasteiger partial charge in [0.15, 0.2) is 5.65 Å². The van der Waals surface area contributed by atoms with Gasteiger partial charge in [-0.1, -0.05) is 0 Å². The second-order valence-electron chi connectivity index (χ2n) is 4.72. The molecule has 0 unspecified atom stereocenters. The molecule has 0 fully saturated rings. The molecule has 104 valence electrons. The fourth-order valence-corrected chi connectivity index (χ4v) is 2.40. The van der Waals surface area contributed by atoms with Crippen LogP contribution in [0.2, 0.25) is 0 Å². The van der Waals surface area contributed by atoms with Crippen LogP contribution in [0.3, 0.4) is 0 Å². The quantitative estimate of drug-likeness (QED) is 0.693. The lowest BCUT2D eigenvalue weighted by Crippen LogP contribution is -2.07. The van der Waals surface area contributed by atoms with E-state index in [0.717, 1.165) is 28.3 Å². The average Bonchev–Trinajstić information content (AvgIpc) is 2.97. The number of hydrogen-bond donors (Lipinski definition) is 0. The Morgan fingerprint density at radius 1 is 1.30 bits per heavy atom. The molecular weight excluding hydrogens is 276 g/mol. The second-order valence-corrected chi connectivity index (χ2v) is 5.10. The van der Waals surface area contributed by atoms with Gasteiger partial charge in [0, 0.05) is 18.5 Å². The fraction of sp³-hybridized carbons (Fsp3) is 0.357. The predicted molar refractivity (Wildman–Crippen MR) is 77.0 cm³/mol. The van der Waals surface area contributed by atoms with Gasteiger partial charge in [0.05, 0.1) is 6.20 Å². The molecule has 0 saturated heterocycles. The van der Waals surface area contributed by atoms with Crippen LogP contribution in [-0.2, 0) is 13.0 Å². The van der Waals surface area contributed by atoms with Gasteiger partial charge < -0.3 is 8.98 Å². The van der Waals surface area contributed by atoms with Crippen LogP contribution in [0, 0.1) is 13.8 Å². The maximum absolute atomic E-state index is 5.87. The molecule has 3 aromatic heterocycles. The molecule has 0 saturated carbocycles. The second kappa shape index (κ2) is 5.25. The van der Waals surface area contributed by atoms with Crippen molar-refractivity contribution < 1.29 is 4.42 Å². The van der Waals surface area contributed by atoms with Crippen molar-refractivity contribution in [3.63, 3.8) is 0 Å². The van der Waals surface area contributed by atoms with E-state index in [4.69, 9.17) is 16.0 Å². The van der Waals surface area contributed by atoms with E-state index in [1.165, 1.54) is 0 Å². The molecule has 0 atom stereocenters. The summed E-state index contributed by atoms with van der Waals surface area (Å²) < 4.78 is 7.57. The van der Waals surface area contributed by atoms with Crippen LogP contribution in [0.1, 0.15) is 23.0 Å². The van der Waals surface area contributed by atoms with Crippen molar-refractivity contribution in [1.29, 1.82) is 0 Å². The van der Waals surface area contributed by atoms with E-state index in [1.807, 2.05) is 24.5 Å². The number of hydrogen-bond acceptors (Lipinski definition) is 4. The van der Waals surface area contributed by atoms with E-state index < -0.39 is 0 Å². The Morgan fingerprint density at radius 2 is 2.15 bits per heavy atom. The number of imidazole rings is 1. The number of alkyl halides is 1. The lowest BCUT2D eigenvalue weighted by atomic mass is 10.3. The van der Waals surface area contributed by atoms with Crippen molar-refractivity contribution in [3.8, 4) is 0 Å². The molecule has 20 heavy (non-hydrogen) atoms. The summed E-state index contributed by atoms with van der Waals surface area (Å²) in [6, 6.07) is 1.96. The highest BCUT2D eigenvalue weighted by Crippen LogP contribution is 2.19. The van der Waals surface area contributed by atoms with Crippen molar-refractivity contribution in [2.24, 2.45) is 0 Å². The molecule has 0 amide bonds. The minimum atomic E-state index is 0.521. The zero-order chi connectivity index (χ0) is 14.1. The van der Waals surface area contributed by atoms with Gasteiger partial charge in [0.1, 0.15) is 23.6 Å². The number of oxazole rings is 1. The third-order valence-electron chi connectivity index (χ3n) is 3.20. The summed E-state index contributed by atoms with van der Waals surface area (Å²) in [7, 11) is 0. The van der Waals surface area contributed by atoms with Crippen LogP contribution in [-0.4, -0.2) is 25.4 Å². The molecule has 0 N–H and O–H groups in total. The Kier molecular flexibility index (Phi) is 3.44. The van der Waals surface area contributed by atoms with Crippen molar-refractivity contribution >= 4 is 22.8 Å². The topological polar surface area (TPSA) is 56.7 Å². The monoisotopic (exact) mass is 290 g/mol. The van der Waals surface area contributed by atoms with E-state index in [-0.39, 0.29) is 0 Å². The number of nitrogens with zero attached hydrogens (tertiary/aromatic N) is 4. The minimum Gasteiger partial charge on any atom is -0.444 e. The highest BCUT2D eigenvalue weighted by molar-refractivity contribution is 6.17. The minimum absolute atomic E-state index is 0.521. The van der Waals surface area contributed by atoms with Crippen molar-refractivity contribution in [2.75, 3.05) is 5.88 Å². The highest BCUT2D eigenvalue weighted by atomic mass is 35.5. The predicted octanol–water partition coefficient (Wildman–Crippen LogP) is 2.87. The van der Waals surface area contributed by atoms with Gasteiger partial charge in [-0.05, 0) is 25.5 Å². The molecule has 0 radical (unpaired) electrons. The first-order valence-electron chi connectivity index (χ1n) is 6.47. The van der Waals surface area contributed by atoms with Crippen LogP contribution in [0.25, 0.3) is 11.2 Å². The number of halogens is 1. The van der Waals surface area contributed by atoms with Gasteiger partial charge in [0.2, 0.25) is 5.89 Å². The summed E-state index contributed by atoms with van der Waals surface area (Å²) >= 11 is 5.87. The summed E-state index contributed by atoms with van der Waals surface area (Å²) in [6.07, 6.45) is 4.20. The molecule has 0 spiro atoms. The Bertz CT molecular complexity index is 747. The van der Waals surface area contributed by atoms with Gasteiger partial charge in [0.25, 0.3) is 0 Å². The molecule has 0 aliphatic carbocycles. The average molecular weight is 291 g/mol. The van der Waals surface area contributed by atoms with Crippen molar-refractivity contribution in [2.45, 2.75) is 26.8 Å². The Labute approximate surface area is 121 Å².